The molecule has 39 heavy (non-hydrogen) atoms. The summed E-state index contributed by atoms with van der Waals surface area (Å²) in [5.41, 5.74) is 1.48. The number of nitrogens with zero attached hydrogens (tertiary/aromatic N) is 3. The molecule has 3 heterocycles. The van der Waals surface area contributed by atoms with Crippen LogP contribution < -0.4 is 15.4 Å². The predicted molar refractivity (Wildman–Crippen MR) is 149 cm³/mol. The molecule has 2 N–H and O–H groups in total. The zero-order chi connectivity index (χ0) is 27.6. The topological polar surface area (TPSA) is 97.8 Å². The second-order valence-corrected chi connectivity index (χ2v) is 11.3. The van der Waals surface area contributed by atoms with Crippen molar-refractivity contribution in [3.05, 3.63) is 47.5 Å². The lowest BCUT2D eigenvalue weighted by Gasteiger charge is -2.35. The molecule has 1 amide bonds. The molecule has 2 atom stereocenters. The van der Waals surface area contributed by atoms with Crippen LogP contribution in [0, 0.1) is 5.82 Å². The van der Waals surface area contributed by atoms with E-state index < -0.39 is 11.4 Å². The van der Waals surface area contributed by atoms with Crippen molar-refractivity contribution >= 4 is 45.8 Å². The second kappa shape index (κ2) is 11.4. The van der Waals surface area contributed by atoms with Crippen molar-refractivity contribution in [1.82, 2.24) is 14.9 Å². The molecular formula is C28H33ClFN5O4. The van der Waals surface area contributed by atoms with Gasteiger partial charge in [-0.3, -0.25) is 0 Å². The third kappa shape index (κ3) is 6.80. The summed E-state index contributed by atoms with van der Waals surface area (Å²) in [7, 11) is 0. The highest BCUT2D eigenvalue weighted by Gasteiger charge is 2.29. The van der Waals surface area contributed by atoms with Crippen LogP contribution in [-0.2, 0) is 9.47 Å². The van der Waals surface area contributed by atoms with E-state index in [4.69, 9.17) is 25.8 Å². The Hall–Kier alpha value is -3.37. The first-order valence-corrected chi connectivity index (χ1v) is 13.5. The van der Waals surface area contributed by atoms with Gasteiger partial charge in [-0.25, -0.2) is 19.2 Å². The van der Waals surface area contributed by atoms with Crippen molar-refractivity contribution < 1.29 is 23.4 Å². The maximum atomic E-state index is 13.7. The Morgan fingerprint density at radius 3 is 2.79 bits per heavy atom. The monoisotopic (exact) mass is 557 g/mol. The summed E-state index contributed by atoms with van der Waals surface area (Å²) in [5, 5.41) is 7.58. The summed E-state index contributed by atoms with van der Waals surface area (Å²) in [6, 6.07) is 8.22. The molecule has 2 saturated heterocycles. The van der Waals surface area contributed by atoms with Crippen molar-refractivity contribution in [2.75, 3.05) is 36.9 Å². The molecule has 9 nitrogen and oxygen atoms in total. The number of fused-ring (bicyclic) bond motifs is 1. The van der Waals surface area contributed by atoms with Crippen LogP contribution in [0.15, 0.2) is 36.7 Å². The van der Waals surface area contributed by atoms with Gasteiger partial charge in [0.1, 0.15) is 35.4 Å². The number of benzene rings is 2. The van der Waals surface area contributed by atoms with Crippen LogP contribution in [0.3, 0.4) is 0 Å². The van der Waals surface area contributed by atoms with E-state index in [0.717, 1.165) is 30.3 Å². The maximum absolute atomic E-state index is 13.7. The highest BCUT2D eigenvalue weighted by Crippen LogP contribution is 2.36. The molecule has 1 unspecified atom stereocenters. The lowest BCUT2D eigenvalue weighted by Crippen LogP contribution is -2.47. The smallest absolute Gasteiger partial charge is 0.410 e. The van der Waals surface area contributed by atoms with Crippen LogP contribution in [0.1, 0.15) is 40.0 Å². The van der Waals surface area contributed by atoms with E-state index in [2.05, 4.69) is 20.6 Å². The minimum Gasteiger partial charge on any atom is -0.486 e. The van der Waals surface area contributed by atoms with Gasteiger partial charge in [-0.05, 0) is 57.9 Å². The number of rotatable bonds is 6. The molecule has 0 spiro atoms. The summed E-state index contributed by atoms with van der Waals surface area (Å²) in [6.07, 6.45) is 3.62. The van der Waals surface area contributed by atoms with Gasteiger partial charge in [0.2, 0.25) is 0 Å². The molecule has 3 aromatic rings. The molecular weight excluding hydrogens is 525 g/mol. The third-order valence-corrected chi connectivity index (χ3v) is 6.82. The molecule has 0 aliphatic carbocycles. The van der Waals surface area contributed by atoms with Crippen molar-refractivity contribution in [2.24, 2.45) is 0 Å². The van der Waals surface area contributed by atoms with Gasteiger partial charge < -0.3 is 29.7 Å². The number of hydrogen-bond acceptors (Lipinski definition) is 8. The number of aromatic nitrogens is 2. The molecule has 2 fully saturated rings. The van der Waals surface area contributed by atoms with Gasteiger partial charge in [-0.2, -0.15) is 0 Å². The summed E-state index contributed by atoms with van der Waals surface area (Å²) >= 11 is 5.98. The van der Waals surface area contributed by atoms with Crippen molar-refractivity contribution in [2.45, 2.75) is 57.8 Å². The number of anilines is 3. The number of halogens is 2. The lowest BCUT2D eigenvalue weighted by molar-refractivity contribution is 0.0206. The first kappa shape index (κ1) is 27.2. The largest absolute Gasteiger partial charge is 0.486 e. The lowest BCUT2D eigenvalue weighted by atomic mass is 10.0. The van der Waals surface area contributed by atoms with Crippen LogP contribution in [0.2, 0.25) is 5.02 Å². The molecule has 0 saturated carbocycles. The zero-order valence-corrected chi connectivity index (χ0v) is 23.1. The number of hydrogen-bond donors (Lipinski definition) is 2. The van der Waals surface area contributed by atoms with Crippen LogP contribution in [0.4, 0.5) is 26.4 Å². The van der Waals surface area contributed by atoms with Crippen LogP contribution in [0.5, 0.6) is 5.75 Å². The Morgan fingerprint density at radius 2 is 2.05 bits per heavy atom. The number of nitrogens with one attached hydrogen (secondary N) is 2. The van der Waals surface area contributed by atoms with Crippen molar-refractivity contribution in [1.29, 1.82) is 0 Å². The molecule has 11 heteroatoms. The summed E-state index contributed by atoms with van der Waals surface area (Å²) in [4.78, 5) is 23.4. The van der Waals surface area contributed by atoms with E-state index in [0.29, 0.717) is 49.1 Å². The average molecular weight is 558 g/mol. The van der Waals surface area contributed by atoms with E-state index >= 15 is 0 Å². The fourth-order valence-corrected chi connectivity index (χ4v) is 4.88. The molecule has 208 valence electrons. The highest BCUT2D eigenvalue weighted by atomic mass is 35.5. The normalized spacial score (nSPS) is 19.7. The fourth-order valence-electron chi connectivity index (χ4n) is 4.70. The summed E-state index contributed by atoms with van der Waals surface area (Å²) in [6.45, 7) is 7.93. The van der Waals surface area contributed by atoms with Gasteiger partial charge in [-0.15, -0.1) is 0 Å². The quantitative estimate of drug-likeness (QED) is 0.373. The Labute approximate surface area is 232 Å². The van der Waals surface area contributed by atoms with Gasteiger partial charge in [0.25, 0.3) is 0 Å². The van der Waals surface area contributed by atoms with E-state index in [1.54, 1.807) is 11.0 Å². The average Bonchev–Trinajstić information content (AvgIpc) is 3.39. The fraction of sp³-hybridized carbons (Fsp3) is 0.464. The molecule has 5 rings (SSSR count). The first-order valence-electron chi connectivity index (χ1n) is 13.1. The Morgan fingerprint density at radius 1 is 1.21 bits per heavy atom. The molecule has 0 bridgehead atoms. The Balaban J connectivity index is 1.44. The zero-order valence-electron chi connectivity index (χ0n) is 22.3. The van der Waals surface area contributed by atoms with E-state index in [9.17, 15) is 9.18 Å². The summed E-state index contributed by atoms with van der Waals surface area (Å²) < 4.78 is 31.1. The Bertz CT molecular complexity index is 1350. The minimum absolute atomic E-state index is 0.0113. The third-order valence-electron chi connectivity index (χ3n) is 6.53. The van der Waals surface area contributed by atoms with Gasteiger partial charge in [-0.1, -0.05) is 11.6 Å². The first-order chi connectivity index (χ1) is 18.6. The summed E-state index contributed by atoms with van der Waals surface area (Å²) in [5.74, 6) is 0.703. The highest BCUT2D eigenvalue weighted by molar-refractivity contribution is 6.31. The maximum Gasteiger partial charge on any atom is 0.410 e. The van der Waals surface area contributed by atoms with Gasteiger partial charge in [0, 0.05) is 42.7 Å². The molecule has 1 aromatic heterocycles. The number of carbonyl (C=O) groups is 1. The van der Waals surface area contributed by atoms with Crippen molar-refractivity contribution in [3.8, 4) is 5.75 Å². The van der Waals surface area contributed by atoms with Gasteiger partial charge >= 0.3 is 6.09 Å². The molecule has 2 aliphatic rings. The molecule has 0 radical (unpaired) electrons. The SMILES string of the molecule is CC(C)(C)OC(=O)N1CCC[C@H](Nc2cc3c(Nc4ccc(F)c(Cl)c4)ncnc3cc2OC2CCOC2)C1. The predicted octanol–water partition coefficient (Wildman–Crippen LogP) is 6.15. The van der Waals surface area contributed by atoms with E-state index in [1.165, 1.54) is 18.5 Å². The van der Waals surface area contributed by atoms with Crippen LogP contribution in [-0.4, -0.2) is 65.0 Å². The number of ether oxygens (including phenoxy) is 3. The van der Waals surface area contributed by atoms with Gasteiger partial charge in [0.15, 0.2) is 0 Å². The number of amides is 1. The standard InChI is InChI=1S/C28H33ClFN5O4/c1-28(2,3)39-27(36)35-9-4-5-18(14-35)33-24-12-20-23(13-25(24)38-19-8-10-37-15-19)31-16-32-26(20)34-17-6-7-22(30)21(29)11-17/h6-7,11-13,16,18-19,33H,4-5,8-10,14-15H2,1-3H3,(H,31,32,34)/t18-,19?/m0/s1. The second-order valence-electron chi connectivity index (χ2n) is 10.9. The van der Waals surface area contributed by atoms with E-state index in [1.807, 2.05) is 32.9 Å². The van der Waals surface area contributed by atoms with Crippen LogP contribution >= 0.6 is 11.6 Å². The number of likely N-dealkylation sites (tertiary alicyclic amines) is 1. The molecule has 2 aliphatic heterocycles. The Kier molecular flexibility index (Phi) is 7.95. The molecule has 2 aromatic carbocycles. The van der Waals surface area contributed by atoms with Crippen LogP contribution in [0.25, 0.3) is 10.9 Å². The number of piperidine rings is 1. The van der Waals surface area contributed by atoms with E-state index in [-0.39, 0.29) is 23.3 Å². The number of carbonyl (C=O) groups excluding carboxylic acids is 1. The minimum atomic E-state index is -0.557. The van der Waals surface area contributed by atoms with Crippen molar-refractivity contribution in [3.63, 3.8) is 0 Å². The van der Waals surface area contributed by atoms with Gasteiger partial charge in [0.05, 0.1) is 29.4 Å².